The van der Waals surface area contributed by atoms with Crippen molar-refractivity contribution in [1.29, 1.82) is 0 Å². The van der Waals surface area contributed by atoms with Gasteiger partial charge in [-0.05, 0) is 37.3 Å². The lowest BCUT2D eigenvalue weighted by molar-refractivity contribution is -0.139. The van der Waals surface area contributed by atoms with Gasteiger partial charge >= 0.3 is 5.97 Å². The highest BCUT2D eigenvalue weighted by atomic mass is 35.5. The third-order valence-electron chi connectivity index (χ3n) is 3.78. The lowest BCUT2D eigenvalue weighted by Crippen LogP contribution is -2.14. The van der Waals surface area contributed by atoms with Gasteiger partial charge in [0, 0.05) is 5.88 Å². The lowest BCUT2D eigenvalue weighted by Gasteiger charge is -2.14. The molecule has 0 aromatic heterocycles. The van der Waals surface area contributed by atoms with Gasteiger partial charge in [-0.2, -0.15) is 0 Å². The van der Waals surface area contributed by atoms with E-state index in [1.165, 1.54) is 0 Å². The molecule has 0 fully saturated rings. The van der Waals surface area contributed by atoms with Gasteiger partial charge in [0.25, 0.3) is 0 Å². The SMILES string of the molecule is CCOC(=O)C1=C(CCCCCCl)COC1c1ccccc1. The van der Waals surface area contributed by atoms with Crippen molar-refractivity contribution in [2.75, 3.05) is 19.1 Å². The summed E-state index contributed by atoms with van der Waals surface area (Å²) in [4.78, 5) is 12.3. The average molecular weight is 323 g/mol. The van der Waals surface area contributed by atoms with Crippen LogP contribution in [-0.2, 0) is 14.3 Å². The van der Waals surface area contributed by atoms with E-state index < -0.39 is 0 Å². The first kappa shape index (κ1) is 17.0. The van der Waals surface area contributed by atoms with Gasteiger partial charge in [0.15, 0.2) is 0 Å². The molecular formula is C18H23ClO3. The van der Waals surface area contributed by atoms with E-state index in [0.29, 0.717) is 24.7 Å². The van der Waals surface area contributed by atoms with Gasteiger partial charge in [0.2, 0.25) is 0 Å². The van der Waals surface area contributed by atoms with Crippen LogP contribution in [0.15, 0.2) is 41.5 Å². The van der Waals surface area contributed by atoms with Gasteiger partial charge in [-0.25, -0.2) is 4.79 Å². The molecule has 1 heterocycles. The van der Waals surface area contributed by atoms with E-state index in [1.807, 2.05) is 37.3 Å². The summed E-state index contributed by atoms with van der Waals surface area (Å²) in [6, 6.07) is 9.85. The Kier molecular flexibility index (Phi) is 6.94. The van der Waals surface area contributed by atoms with Crippen LogP contribution in [0.1, 0.15) is 44.3 Å². The van der Waals surface area contributed by atoms with Crippen LogP contribution < -0.4 is 0 Å². The van der Waals surface area contributed by atoms with Gasteiger partial charge in [-0.1, -0.05) is 36.8 Å². The standard InChI is InChI=1S/C18H23ClO3/c1-2-21-18(20)16-15(11-7-4-8-12-19)13-22-17(16)14-9-5-3-6-10-14/h3,5-6,9-10,17H,2,4,7-8,11-13H2,1H3. The molecule has 0 saturated carbocycles. The summed E-state index contributed by atoms with van der Waals surface area (Å²) in [5.74, 6) is 0.439. The van der Waals surface area contributed by atoms with Gasteiger partial charge < -0.3 is 9.47 Å². The van der Waals surface area contributed by atoms with Crippen LogP contribution in [0.5, 0.6) is 0 Å². The molecule has 120 valence electrons. The van der Waals surface area contributed by atoms with Gasteiger partial charge in [-0.3, -0.25) is 0 Å². The number of hydrogen-bond acceptors (Lipinski definition) is 3. The van der Waals surface area contributed by atoms with Crippen LogP contribution in [0.25, 0.3) is 0 Å². The highest BCUT2D eigenvalue weighted by molar-refractivity contribution is 6.17. The predicted octanol–water partition coefficient (Wildman–Crippen LogP) is 4.42. The molecule has 1 aliphatic heterocycles. The monoisotopic (exact) mass is 322 g/mol. The number of halogens is 1. The summed E-state index contributed by atoms with van der Waals surface area (Å²) < 4.78 is 11.1. The van der Waals surface area contributed by atoms with Gasteiger partial charge in [-0.15, -0.1) is 11.6 Å². The smallest absolute Gasteiger partial charge is 0.337 e. The molecule has 1 aromatic rings. The van der Waals surface area contributed by atoms with Crippen LogP contribution in [0.2, 0.25) is 0 Å². The fourth-order valence-electron chi connectivity index (χ4n) is 2.70. The van der Waals surface area contributed by atoms with Crippen LogP contribution in [0, 0.1) is 0 Å². The molecule has 0 amide bonds. The van der Waals surface area contributed by atoms with Crippen molar-refractivity contribution in [3.8, 4) is 0 Å². The number of ether oxygens (including phenoxy) is 2. The minimum Gasteiger partial charge on any atom is -0.463 e. The summed E-state index contributed by atoms with van der Waals surface area (Å²) >= 11 is 5.71. The van der Waals surface area contributed by atoms with E-state index in [-0.39, 0.29) is 12.1 Å². The van der Waals surface area contributed by atoms with Crippen molar-refractivity contribution in [3.05, 3.63) is 47.0 Å². The highest BCUT2D eigenvalue weighted by Crippen LogP contribution is 2.37. The van der Waals surface area contributed by atoms with Crippen molar-refractivity contribution in [1.82, 2.24) is 0 Å². The van der Waals surface area contributed by atoms with Gasteiger partial charge in [0.1, 0.15) is 6.10 Å². The first-order valence-electron chi connectivity index (χ1n) is 7.89. The van der Waals surface area contributed by atoms with Crippen molar-refractivity contribution < 1.29 is 14.3 Å². The van der Waals surface area contributed by atoms with E-state index in [4.69, 9.17) is 21.1 Å². The molecule has 0 aliphatic carbocycles. The van der Waals surface area contributed by atoms with Crippen LogP contribution in [0.3, 0.4) is 0 Å². The number of carbonyl (C=O) groups is 1. The third kappa shape index (κ3) is 4.34. The van der Waals surface area contributed by atoms with Crippen LogP contribution in [0.4, 0.5) is 0 Å². The number of carbonyl (C=O) groups excluding carboxylic acids is 1. The zero-order valence-corrected chi connectivity index (χ0v) is 13.8. The fraction of sp³-hybridized carbons (Fsp3) is 0.500. The fourth-order valence-corrected chi connectivity index (χ4v) is 2.89. The second kappa shape index (κ2) is 8.96. The predicted molar refractivity (Wildman–Crippen MR) is 88.0 cm³/mol. The minimum absolute atomic E-state index is 0.249. The molecule has 0 radical (unpaired) electrons. The maximum absolute atomic E-state index is 12.3. The summed E-state index contributed by atoms with van der Waals surface area (Å²) in [5.41, 5.74) is 2.77. The zero-order valence-electron chi connectivity index (χ0n) is 13.0. The summed E-state index contributed by atoms with van der Waals surface area (Å²) in [5, 5.41) is 0. The van der Waals surface area contributed by atoms with E-state index in [0.717, 1.165) is 36.8 Å². The second-order valence-electron chi connectivity index (χ2n) is 5.34. The Labute approximate surface area is 137 Å². The topological polar surface area (TPSA) is 35.5 Å². The molecule has 1 unspecified atom stereocenters. The average Bonchev–Trinajstić information content (AvgIpc) is 2.96. The Morgan fingerprint density at radius 3 is 2.73 bits per heavy atom. The van der Waals surface area contributed by atoms with Crippen LogP contribution in [-0.4, -0.2) is 25.1 Å². The summed E-state index contributed by atoms with van der Waals surface area (Å²) in [6.45, 7) is 2.71. The summed E-state index contributed by atoms with van der Waals surface area (Å²) in [7, 11) is 0. The molecule has 0 N–H and O–H groups in total. The van der Waals surface area contributed by atoms with Crippen molar-refractivity contribution in [2.45, 2.75) is 38.7 Å². The number of alkyl halides is 1. The number of rotatable bonds is 8. The molecule has 3 nitrogen and oxygen atoms in total. The summed E-state index contributed by atoms with van der Waals surface area (Å²) in [6.07, 6.45) is 3.67. The molecule has 1 aromatic carbocycles. The zero-order chi connectivity index (χ0) is 15.8. The molecule has 4 heteroatoms. The van der Waals surface area contributed by atoms with Crippen molar-refractivity contribution in [2.24, 2.45) is 0 Å². The largest absolute Gasteiger partial charge is 0.463 e. The molecule has 0 bridgehead atoms. The molecule has 22 heavy (non-hydrogen) atoms. The molecule has 1 atom stereocenters. The molecule has 0 saturated heterocycles. The minimum atomic E-state index is -0.303. The number of hydrogen-bond donors (Lipinski definition) is 0. The van der Waals surface area contributed by atoms with Crippen LogP contribution >= 0.6 is 11.6 Å². The molecule has 0 spiro atoms. The maximum atomic E-state index is 12.3. The number of esters is 1. The van der Waals surface area contributed by atoms with E-state index in [1.54, 1.807) is 0 Å². The number of unbranched alkanes of at least 4 members (excludes halogenated alkanes) is 2. The quantitative estimate of drug-likeness (QED) is 0.404. The van der Waals surface area contributed by atoms with Gasteiger partial charge in [0.05, 0.1) is 18.8 Å². The Bertz CT molecular complexity index is 510. The number of benzene rings is 1. The van der Waals surface area contributed by atoms with E-state index >= 15 is 0 Å². The normalized spacial score (nSPS) is 17.8. The highest BCUT2D eigenvalue weighted by Gasteiger charge is 2.33. The lowest BCUT2D eigenvalue weighted by atomic mass is 9.96. The Morgan fingerprint density at radius 2 is 2.05 bits per heavy atom. The first-order chi connectivity index (χ1) is 10.8. The Morgan fingerprint density at radius 1 is 1.27 bits per heavy atom. The Hall–Kier alpha value is -1.32. The third-order valence-corrected chi connectivity index (χ3v) is 4.04. The second-order valence-corrected chi connectivity index (χ2v) is 5.72. The van der Waals surface area contributed by atoms with Crippen molar-refractivity contribution in [3.63, 3.8) is 0 Å². The molecule has 2 rings (SSSR count). The first-order valence-corrected chi connectivity index (χ1v) is 8.43. The molecule has 1 aliphatic rings. The molecular weight excluding hydrogens is 300 g/mol. The maximum Gasteiger partial charge on any atom is 0.337 e. The van der Waals surface area contributed by atoms with E-state index in [2.05, 4.69) is 0 Å². The van der Waals surface area contributed by atoms with Crippen molar-refractivity contribution >= 4 is 17.6 Å². The van der Waals surface area contributed by atoms with E-state index in [9.17, 15) is 4.79 Å². The Balaban J connectivity index is 2.16.